The molecule has 1 fully saturated rings. The number of amides is 1. The number of rotatable bonds is 8. The van der Waals surface area contributed by atoms with E-state index in [9.17, 15) is 4.79 Å². The van der Waals surface area contributed by atoms with E-state index in [2.05, 4.69) is 10.6 Å². The molecule has 0 saturated carbocycles. The van der Waals surface area contributed by atoms with Crippen molar-refractivity contribution in [1.82, 2.24) is 5.32 Å². The summed E-state index contributed by atoms with van der Waals surface area (Å²) in [4.78, 5) is 12.3. The number of benzene rings is 2. The van der Waals surface area contributed by atoms with Crippen molar-refractivity contribution in [2.75, 3.05) is 32.1 Å². The van der Waals surface area contributed by atoms with Gasteiger partial charge in [-0.25, -0.2) is 0 Å². The van der Waals surface area contributed by atoms with Gasteiger partial charge in [-0.3, -0.25) is 4.79 Å². The lowest BCUT2D eigenvalue weighted by molar-refractivity contribution is -0.121. The molecule has 1 heterocycles. The van der Waals surface area contributed by atoms with Crippen LogP contribution >= 0.6 is 12.4 Å². The van der Waals surface area contributed by atoms with Crippen LogP contribution in [0.5, 0.6) is 11.5 Å². The van der Waals surface area contributed by atoms with E-state index >= 15 is 0 Å². The van der Waals surface area contributed by atoms with Crippen molar-refractivity contribution >= 4 is 24.0 Å². The van der Waals surface area contributed by atoms with E-state index in [1.807, 2.05) is 55.5 Å². The number of methoxy groups -OCH3 is 1. The molecule has 2 aromatic carbocycles. The Morgan fingerprint density at radius 2 is 1.70 bits per heavy atom. The van der Waals surface area contributed by atoms with Gasteiger partial charge in [0, 0.05) is 18.7 Å². The van der Waals surface area contributed by atoms with E-state index in [0.29, 0.717) is 12.5 Å². The minimum absolute atomic E-state index is 0. The molecule has 0 spiro atoms. The van der Waals surface area contributed by atoms with Gasteiger partial charge in [-0.2, -0.15) is 0 Å². The SMILES string of the molecule is COCCc1ccc(Oc2ccc(NC(=O)C(C)C3CNC3)cc2)cc1.Cl. The molecule has 0 aliphatic carbocycles. The molecule has 1 unspecified atom stereocenters. The molecule has 27 heavy (non-hydrogen) atoms. The molecule has 0 aromatic heterocycles. The Bertz CT molecular complexity index is 715. The van der Waals surface area contributed by atoms with Gasteiger partial charge in [0.2, 0.25) is 5.91 Å². The zero-order valence-electron chi connectivity index (χ0n) is 15.7. The minimum atomic E-state index is 0. The van der Waals surface area contributed by atoms with Crippen molar-refractivity contribution in [3.8, 4) is 11.5 Å². The van der Waals surface area contributed by atoms with Crippen molar-refractivity contribution in [2.24, 2.45) is 11.8 Å². The Morgan fingerprint density at radius 1 is 1.11 bits per heavy atom. The summed E-state index contributed by atoms with van der Waals surface area (Å²) < 4.78 is 10.9. The number of halogens is 1. The van der Waals surface area contributed by atoms with Crippen molar-refractivity contribution in [3.05, 3.63) is 54.1 Å². The molecule has 2 N–H and O–H groups in total. The molecule has 2 aromatic rings. The summed E-state index contributed by atoms with van der Waals surface area (Å²) in [5.41, 5.74) is 2.00. The van der Waals surface area contributed by atoms with E-state index in [-0.39, 0.29) is 24.2 Å². The molecule has 3 rings (SSSR count). The Balaban J connectivity index is 0.00000261. The van der Waals surface area contributed by atoms with Gasteiger partial charge in [0.1, 0.15) is 11.5 Å². The second kappa shape index (κ2) is 10.3. The zero-order chi connectivity index (χ0) is 18.4. The number of ether oxygens (including phenoxy) is 2. The molecular weight excluding hydrogens is 364 g/mol. The first-order valence-corrected chi connectivity index (χ1v) is 9.03. The Labute approximate surface area is 166 Å². The fraction of sp³-hybridized carbons (Fsp3) is 0.381. The molecule has 1 aliphatic rings. The summed E-state index contributed by atoms with van der Waals surface area (Å²) in [7, 11) is 1.70. The average Bonchev–Trinajstić information content (AvgIpc) is 2.61. The van der Waals surface area contributed by atoms with Crippen LogP contribution in [-0.2, 0) is 16.0 Å². The first-order chi connectivity index (χ1) is 12.7. The van der Waals surface area contributed by atoms with Crippen LogP contribution in [0.15, 0.2) is 48.5 Å². The number of carbonyl (C=O) groups is 1. The maximum atomic E-state index is 12.3. The molecule has 1 atom stereocenters. The fourth-order valence-electron chi connectivity index (χ4n) is 2.82. The smallest absolute Gasteiger partial charge is 0.227 e. The van der Waals surface area contributed by atoms with Crippen LogP contribution < -0.4 is 15.4 Å². The summed E-state index contributed by atoms with van der Waals surface area (Å²) >= 11 is 0. The van der Waals surface area contributed by atoms with Crippen LogP contribution in [0.1, 0.15) is 12.5 Å². The molecule has 6 heteroatoms. The number of hydrogen-bond acceptors (Lipinski definition) is 4. The first kappa shape index (κ1) is 21.2. The van der Waals surface area contributed by atoms with Gasteiger partial charge in [-0.15, -0.1) is 12.4 Å². The lowest BCUT2D eigenvalue weighted by Crippen LogP contribution is -2.48. The van der Waals surface area contributed by atoms with Crippen molar-refractivity contribution < 1.29 is 14.3 Å². The highest BCUT2D eigenvalue weighted by atomic mass is 35.5. The fourth-order valence-corrected chi connectivity index (χ4v) is 2.82. The van der Waals surface area contributed by atoms with Crippen LogP contribution in [0, 0.1) is 11.8 Å². The van der Waals surface area contributed by atoms with Crippen LogP contribution in [0.4, 0.5) is 5.69 Å². The highest BCUT2D eigenvalue weighted by Crippen LogP contribution is 2.24. The highest BCUT2D eigenvalue weighted by Gasteiger charge is 2.28. The van der Waals surface area contributed by atoms with E-state index in [4.69, 9.17) is 9.47 Å². The van der Waals surface area contributed by atoms with Crippen molar-refractivity contribution in [2.45, 2.75) is 13.3 Å². The van der Waals surface area contributed by atoms with Gasteiger partial charge in [0.25, 0.3) is 0 Å². The average molecular weight is 391 g/mol. The largest absolute Gasteiger partial charge is 0.457 e. The van der Waals surface area contributed by atoms with E-state index in [1.165, 1.54) is 5.56 Å². The molecule has 1 amide bonds. The number of nitrogens with one attached hydrogen (secondary N) is 2. The number of carbonyl (C=O) groups excluding carboxylic acids is 1. The number of hydrogen-bond donors (Lipinski definition) is 2. The van der Waals surface area contributed by atoms with Gasteiger partial charge in [-0.05, 0) is 67.4 Å². The second-order valence-electron chi connectivity index (χ2n) is 6.71. The maximum Gasteiger partial charge on any atom is 0.227 e. The minimum Gasteiger partial charge on any atom is -0.457 e. The summed E-state index contributed by atoms with van der Waals surface area (Å²) in [6.45, 7) is 4.54. The van der Waals surface area contributed by atoms with Crippen LogP contribution in [0.2, 0.25) is 0 Å². The molecule has 0 radical (unpaired) electrons. The molecule has 1 saturated heterocycles. The predicted molar refractivity (Wildman–Crippen MR) is 110 cm³/mol. The van der Waals surface area contributed by atoms with Gasteiger partial charge >= 0.3 is 0 Å². The Hall–Kier alpha value is -2.08. The lowest BCUT2D eigenvalue weighted by atomic mass is 9.88. The molecular formula is C21H27ClN2O3. The maximum absolute atomic E-state index is 12.3. The normalized spacial score (nSPS) is 14.6. The van der Waals surface area contributed by atoms with Crippen LogP contribution in [0.3, 0.4) is 0 Å². The number of anilines is 1. The standard InChI is InChI=1S/C21H26N2O3.ClH/c1-15(17-13-22-14-17)21(24)23-18-5-9-20(10-6-18)26-19-7-3-16(4-8-19)11-12-25-2;/h3-10,15,17,22H,11-14H2,1-2H3,(H,23,24);1H. The third kappa shape index (κ3) is 5.96. The summed E-state index contributed by atoms with van der Waals surface area (Å²) in [6, 6.07) is 15.5. The predicted octanol–water partition coefficient (Wildman–Crippen LogP) is 3.88. The molecule has 146 valence electrons. The van der Waals surface area contributed by atoms with E-state index in [1.54, 1.807) is 7.11 Å². The molecule has 0 bridgehead atoms. The summed E-state index contributed by atoms with van der Waals surface area (Å²) in [5.74, 6) is 2.04. The first-order valence-electron chi connectivity index (χ1n) is 9.03. The lowest BCUT2D eigenvalue weighted by Gasteiger charge is -2.31. The third-order valence-electron chi connectivity index (χ3n) is 4.81. The second-order valence-corrected chi connectivity index (χ2v) is 6.71. The van der Waals surface area contributed by atoms with Crippen molar-refractivity contribution in [1.29, 1.82) is 0 Å². The summed E-state index contributed by atoms with van der Waals surface area (Å²) in [6.07, 6.45) is 0.889. The van der Waals surface area contributed by atoms with Crippen LogP contribution in [0.25, 0.3) is 0 Å². The van der Waals surface area contributed by atoms with Gasteiger partial charge < -0.3 is 20.1 Å². The third-order valence-corrected chi connectivity index (χ3v) is 4.81. The van der Waals surface area contributed by atoms with Gasteiger partial charge in [0.15, 0.2) is 0 Å². The Kier molecular flexibility index (Phi) is 8.10. The van der Waals surface area contributed by atoms with E-state index < -0.39 is 0 Å². The van der Waals surface area contributed by atoms with E-state index in [0.717, 1.165) is 36.7 Å². The topological polar surface area (TPSA) is 59.6 Å². The monoisotopic (exact) mass is 390 g/mol. The molecule has 1 aliphatic heterocycles. The quantitative estimate of drug-likeness (QED) is 0.718. The Morgan fingerprint density at radius 3 is 2.22 bits per heavy atom. The molecule has 5 nitrogen and oxygen atoms in total. The highest BCUT2D eigenvalue weighted by molar-refractivity contribution is 5.92. The summed E-state index contributed by atoms with van der Waals surface area (Å²) in [5, 5.41) is 6.18. The van der Waals surface area contributed by atoms with Crippen molar-refractivity contribution in [3.63, 3.8) is 0 Å². The van der Waals surface area contributed by atoms with Crippen LogP contribution in [-0.4, -0.2) is 32.7 Å². The van der Waals surface area contributed by atoms with Gasteiger partial charge in [0.05, 0.1) is 6.61 Å². The zero-order valence-corrected chi connectivity index (χ0v) is 16.6. The van der Waals surface area contributed by atoms with Gasteiger partial charge in [-0.1, -0.05) is 19.1 Å².